The number of likely N-dealkylation sites (tertiary alicyclic amines) is 1. The van der Waals surface area contributed by atoms with E-state index in [4.69, 9.17) is 0 Å². The van der Waals surface area contributed by atoms with E-state index in [0.29, 0.717) is 12.6 Å². The molecule has 6 nitrogen and oxygen atoms in total. The first kappa shape index (κ1) is 23.8. The third-order valence-corrected chi connectivity index (χ3v) is 6.36. The average molecular weight is 535 g/mol. The number of aliphatic imine (C=N–C) groups is 1. The molecule has 31 heavy (non-hydrogen) atoms. The normalized spacial score (nSPS) is 19.9. The Morgan fingerprint density at radius 1 is 1.06 bits per heavy atom. The average Bonchev–Trinajstić information content (AvgIpc) is 3.46. The summed E-state index contributed by atoms with van der Waals surface area (Å²) in [5, 5.41) is 7.04. The quantitative estimate of drug-likeness (QED) is 0.339. The number of hydrogen-bond acceptors (Lipinski definition) is 3. The summed E-state index contributed by atoms with van der Waals surface area (Å²) in [6.45, 7) is 3.64. The maximum absolute atomic E-state index is 11.9. The summed E-state index contributed by atoms with van der Waals surface area (Å²) in [7, 11) is 1.83. The standard InChI is InChI=1S/C24H33N5O.HI/c1-25-24(27-21-13-15-28(18-21)22-6-2-3-7-22)26-16-19-9-11-20(12-10-19)17-29-14-5-4-8-23(29)30;/h4-5,8-12,14,21-22H,2-3,6-7,13,15-18H2,1H3,(H2,25,26,27);1H. The fraction of sp³-hybridized carbons (Fsp3) is 0.500. The Morgan fingerprint density at radius 2 is 1.81 bits per heavy atom. The molecule has 1 aliphatic heterocycles. The summed E-state index contributed by atoms with van der Waals surface area (Å²) in [5.41, 5.74) is 2.34. The first-order chi connectivity index (χ1) is 14.7. The van der Waals surface area contributed by atoms with Gasteiger partial charge in [-0.2, -0.15) is 0 Å². The van der Waals surface area contributed by atoms with Crippen molar-refractivity contribution in [2.75, 3.05) is 20.1 Å². The maximum atomic E-state index is 11.9. The smallest absolute Gasteiger partial charge is 0.250 e. The number of benzene rings is 1. The number of guanidine groups is 1. The Balaban J connectivity index is 0.00000272. The zero-order chi connectivity index (χ0) is 20.8. The van der Waals surface area contributed by atoms with Gasteiger partial charge in [0, 0.05) is 51.0 Å². The Bertz CT molecular complexity index is 905. The Kier molecular flexibility index (Phi) is 8.95. The molecule has 0 spiro atoms. The second-order valence-corrected chi connectivity index (χ2v) is 8.47. The van der Waals surface area contributed by atoms with Crippen molar-refractivity contribution in [3.8, 4) is 0 Å². The molecule has 2 fully saturated rings. The fourth-order valence-corrected chi connectivity index (χ4v) is 4.63. The van der Waals surface area contributed by atoms with Gasteiger partial charge < -0.3 is 15.2 Å². The predicted molar refractivity (Wildman–Crippen MR) is 137 cm³/mol. The highest BCUT2D eigenvalue weighted by molar-refractivity contribution is 14.0. The van der Waals surface area contributed by atoms with Crippen LogP contribution in [-0.4, -0.2) is 47.6 Å². The van der Waals surface area contributed by atoms with Gasteiger partial charge in [0.1, 0.15) is 0 Å². The molecule has 2 aromatic rings. The predicted octanol–water partition coefficient (Wildman–Crippen LogP) is 3.20. The van der Waals surface area contributed by atoms with Crippen molar-refractivity contribution in [1.82, 2.24) is 20.1 Å². The molecule has 4 rings (SSSR count). The van der Waals surface area contributed by atoms with Gasteiger partial charge in [-0.05, 0) is 36.5 Å². The molecule has 2 aliphatic rings. The van der Waals surface area contributed by atoms with Crippen molar-refractivity contribution in [2.24, 2.45) is 4.99 Å². The molecule has 0 bridgehead atoms. The molecule has 2 heterocycles. The molecule has 1 saturated heterocycles. The van der Waals surface area contributed by atoms with E-state index in [2.05, 4.69) is 44.8 Å². The minimum Gasteiger partial charge on any atom is -0.352 e. The largest absolute Gasteiger partial charge is 0.352 e. The van der Waals surface area contributed by atoms with Crippen molar-refractivity contribution in [2.45, 2.75) is 57.3 Å². The van der Waals surface area contributed by atoms with E-state index in [1.807, 2.05) is 19.3 Å². The monoisotopic (exact) mass is 535 g/mol. The lowest BCUT2D eigenvalue weighted by Crippen LogP contribution is -2.45. The maximum Gasteiger partial charge on any atom is 0.250 e. The van der Waals surface area contributed by atoms with Crippen LogP contribution in [0.5, 0.6) is 0 Å². The number of nitrogens with zero attached hydrogens (tertiary/aromatic N) is 3. The molecule has 168 valence electrons. The minimum absolute atomic E-state index is 0. The number of halogens is 1. The second kappa shape index (κ2) is 11.7. The van der Waals surface area contributed by atoms with Gasteiger partial charge in [-0.1, -0.05) is 43.2 Å². The van der Waals surface area contributed by atoms with Crippen LogP contribution in [0.25, 0.3) is 0 Å². The van der Waals surface area contributed by atoms with Gasteiger partial charge in [-0.3, -0.25) is 14.7 Å². The Morgan fingerprint density at radius 3 is 2.52 bits per heavy atom. The van der Waals surface area contributed by atoms with Crippen LogP contribution in [0.1, 0.15) is 43.2 Å². The van der Waals surface area contributed by atoms with E-state index < -0.39 is 0 Å². The molecule has 2 N–H and O–H groups in total. The summed E-state index contributed by atoms with van der Waals surface area (Å²) < 4.78 is 1.72. The van der Waals surface area contributed by atoms with Gasteiger partial charge >= 0.3 is 0 Å². The minimum atomic E-state index is 0. The Labute approximate surface area is 202 Å². The van der Waals surface area contributed by atoms with E-state index in [-0.39, 0.29) is 29.5 Å². The molecule has 1 aromatic heterocycles. The topological polar surface area (TPSA) is 61.7 Å². The zero-order valence-electron chi connectivity index (χ0n) is 18.3. The second-order valence-electron chi connectivity index (χ2n) is 8.47. The highest BCUT2D eigenvalue weighted by Crippen LogP contribution is 2.26. The van der Waals surface area contributed by atoms with Crippen LogP contribution >= 0.6 is 24.0 Å². The zero-order valence-corrected chi connectivity index (χ0v) is 20.6. The summed E-state index contributed by atoms with van der Waals surface area (Å²) in [6.07, 6.45) is 8.53. The van der Waals surface area contributed by atoms with Gasteiger partial charge in [0.15, 0.2) is 5.96 Å². The molecule has 0 amide bonds. The van der Waals surface area contributed by atoms with Crippen molar-refractivity contribution >= 4 is 29.9 Å². The molecule has 1 saturated carbocycles. The third kappa shape index (κ3) is 6.55. The van der Waals surface area contributed by atoms with Crippen LogP contribution in [0.2, 0.25) is 0 Å². The van der Waals surface area contributed by atoms with Crippen LogP contribution < -0.4 is 16.2 Å². The highest BCUT2D eigenvalue weighted by atomic mass is 127. The van der Waals surface area contributed by atoms with Gasteiger partial charge in [-0.25, -0.2) is 0 Å². The highest BCUT2D eigenvalue weighted by Gasteiger charge is 2.30. The molecule has 1 aliphatic carbocycles. The molecular formula is C24H34IN5O. The van der Waals surface area contributed by atoms with Gasteiger partial charge in [0.25, 0.3) is 5.56 Å². The molecule has 7 heteroatoms. The summed E-state index contributed by atoms with van der Waals surface area (Å²) in [4.78, 5) is 18.9. The van der Waals surface area contributed by atoms with E-state index in [1.165, 1.54) is 44.2 Å². The van der Waals surface area contributed by atoms with Crippen LogP contribution in [-0.2, 0) is 13.1 Å². The number of pyridine rings is 1. The van der Waals surface area contributed by atoms with Crippen LogP contribution in [0, 0.1) is 0 Å². The molecule has 0 radical (unpaired) electrons. The summed E-state index contributed by atoms with van der Waals surface area (Å²) >= 11 is 0. The first-order valence-corrected chi connectivity index (χ1v) is 11.2. The SMILES string of the molecule is CN=C(NCc1ccc(Cn2ccccc2=O)cc1)NC1CCN(C2CCCC2)C1.I. The van der Waals surface area contributed by atoms with Crippen LogP contribution in [0.15, 0.2) is 58.4 Å². The number of nitrogens with one attached hydrogen (secondary N) is 2. The number of hydrogen-bond donors (Lipinski definition) is 2. The lowest BCUT2D eigenvalue weighted by atomic mass is 10.1. The Hall–Kier alpha value is -1.87. The first-order valence-electron chi connectivity index (χ1n) is 11.2. The van der Waals surface area contributed by atoms with Crippen molar-refractivity contribution in [3.63, 3.8) is 0 Å². The lowest BCUT2D eigenvalue weighted by molar-refractivity contribution is 0.242. The van der Waals surface area contributed by atoms with Crippen molar-refractivity contribution in [1.29, 1.82) is 0 Å². The van der Waals surface area contributed by atoms with Crippen molar-refractivity contribution < 1.29 is 0 Å². The molecule has 1 atom stereocenters. The van der Waals surface area contributed by atoms with E-state index >= 15 is 0 Å². The van der Waals surface area contributed by atoms with E-state index in [1.54, 1.807) is 16.7 Å². The fourth-order valence-electron chi connectivity index (χ4n) is 4.63. The third-order valence-electron chi connectivity index (χ3n) is 6.36. The van der Waals surface area contributed by atoms with Crippen LogP contribution in [0.4, 0.5) is 0 Å². The summed E-state index contributed by atoms with van der Waals surface area (Å²) in [5.74, 6) is 0.869. The number of rotatable bonds is 6. The van der Waals surface area contributed by atoms with Crippen LogP contribution in [0.3, 0.4) is 0 Å². The lowest BCUT2D eigenvalue weighted by Gasteiger charge is -2.24. The van der Waals surface area contributed by atoms with E-state index in [9.17, 15) is 4.79 Å². The van der Waals surface area contributed by atoms with Gasteiger partial charge in [0.05, 0.1) is 6.54 Å². The van der Waals surface area contributed by atoms with Gasteiger partial charge in [0.2, 0.25) is 0 Å². The molecular weight excluding hydrogens is 501 g/mol. The van der Waals surface area contributed by atoms with Gasteiger partial charge in [-0.15, -0.1) is 24.0 Å². The molecule has 1 aromatic carbocycles. The number of aromatic nitrogens is 1. The summed E-state index contributed by atoms with van der Waals surface area (Å²) in [6, 6.07) is 14.9. The molecule has 1 unspecified atom stereocenters. The van der Waals surface area contributed by atoms with Crippen molar-refractivity contribution in [3.05, 3.63) is 70.1 Å². The van der Waals surface area contributed by atoms with E-state index in [0.717, 1.165) is 30.7 Å².